The Morgan fingerprint density at radius 3 is 2.07 bits per heavy atom. The van der Waals surface area contributed by atoms with Crippen LogP contribution in [0.15, 0.2) is 152 Å². The first-order valence-corrected chi connectivity index (χ1v) is 14.6. The minimum atomic E-state index is 0.999. The molecule has 3 heterocycles. The van der Waals surface area contributed by atoms with Crippen LogP contribution >= 0.6 is 0 Å². The zero-order chi connectivity index (χ0) is 28.3. The summed E-state index contributed by atoms with van der Waals surface area (Å²) in [5.41, 5.74) is 9.15. The number of rotatable bonds is 3. The second-order valence-electron chi connectivity index (χ2n) is 11.0. The summed E-state index contributed by atoms with van der Waals surface area (Å²) in [5.74, 6) is 0. The Bertz CT molecular complexity index is 2490. The second kappa shape index (κ2) is 9.37. The molecule has 0 bridgehead atoms. The molecule has 3 nitrogen and oxygen atoms in total. The summed E-state index contributed by atoms with van der Waals surface area (Å²) in [6.07, 6.45) is 5.65. The van der Waals surface area contributed by atoms with Crippen LogP contribution < -0.4 is 0 Å². The smallest absolute Gasteiger partial charge is 0.0793 e. The first kappa shape index (κ1) is 23.9. The van der Waals surface area contributed by atoms with E-state index in [1.165, 1.54) is 54.5 Å². The van der Waals surface area contributed by atoms with E-state index in [4.69, 9.17) is 4.98 Å². The Hall–Kier alpha value is -5.80. The normalized spacial score (nSPS) is 11.7. The fraction of sp³-hybridized carbons (Fsp3) is 0. The molecule has 43 heavy (non-hydrogen) atoms. The molecule has 0 saturated carbocycles. The number of aromatic nitrogens is 3. The van der Waals surface area contributed by atoms with Crippen LogP contribution in [-0.2, 0) is 0 Å². The molecule has 3 aromatic heterocycles. The van der Waals surface area contributed by atoms with E-state index in [-0.39, 0.29) is 0 Å². The third-order valence-corrected chi connectivity index (χ3v) is 8.71. The molecule has 0 radical (unpaired) electrons. The first-order chi connectivity index (χ1) is 21.4. The number of benzene rings is 6. The maximum Gasteiger partial charge on any atom is 0.0793 e. The highest BCUT2D eigenvalue weighted by Gasteiger charge is 2.21. The SMILES string of the molecule is c1ccc(-n2c3ccccc3c3cc(-c4c(-c5ccncc5)c5ncccc5c5c4ccc4ccccc45)ccc32)cc1. The van der Waals surface area contributed by atoms with Gasteiger partial charge in [0.2, 0.25) is 0 Å². The molecule has 9 aromatic rings. The highest BCUT2D eigenvalue weighted by molar-refractivity contribution is 6.28. The van der Waals surface area contributed by atoms with Crippen molar-refractivity contribution in [3.63, 3.8) is 0 Å². The van der Waals surface area contributed by atoms with Crippen LogP contribution in [0.5, 0.6) is 0 Å². The predicted molar refractivity (Wildman–Crippen MR) is 180 cm³/mol. The number of fused-ring (bicyclic) bond motifs is 8. The first-order valence-electron chi connectivity index (χ1n) is 14.6. The van der Waals surface area contributed by atoms with Crippen LogP contribution in [0.2, 0.25) is 0 Å². The van der Waals surface area contributed by atoms with Crippen LogP contribution in [0.3, 0.4) is 0 Å². The standard InChI is InChI=1S/C40H25N3/c1-2-10-29(11-3-1)43-35-15-7-6-13-31(35)34-25-28(17-19-36(34)43)37-32-18-16-26-9-4-5-12-30(26)39(32)33-14-8-22-42-40(33)38(37)27-20-23-41-24-21-27/h1-25H. The molecular formula is C40H25N3. The topological polar surface area (TPSA) is 30.7 Å². The van der Waals surface area contributed by atoms with Gasteiger partial charge in [-0.25, -0.2) is 0 Å². The minimum Gasteiger partial charge on any atom is -0.309 e. The third kappa shape index (κ3) is 3.55. The van der Waals surface area contributed by atoms with Gasteiger partial charge in [-0.1, -0.05) is 84.9 Å². The van der Waals surface area contributed by atoms with Crippen molar-refractivity contribution in [3.8, 4) is 27.9 Å². The fourth-order valence-electron chi connectivity index (χ4n) is 6.91. The molecule has 200 valence electrons. The molecule has 9 rings (SSSR count). The lowest BCUT2D eigenvalue weighted by atomic mass is 9.85. The monoisotopic (exact) mass is 547 g/mol. The van der Waals surface area contributed by atoms with Gasteiger partial charge in [-0.3, -0.25) is 9.97 Å². The summed E-state index contributed by atoms with van der Waals surface area (Å²) >= 11 is 0. The van der Waals surface area contributed by atoms with E-state index in [9.17, 15) is 0 Å². The maximum atomic E-state index is 5.03. The lowest BCUT2D eigenvalue weighted by molar-refractivity contribution is 1.18. The summed E-state index contributed by atoms with van der Waals surface area (Å²) in [7, 11) is 0. The van der Waals surface area contributed by atoms with Gasteiger partial charge in [0.15, 0.2) is 0 Å². The Balaban J connectivity index is 1.46. The molecule has 0 saturated heterocycles. The summed E-state index contributed by atoms with van der Waals surface area (Å²) in [4.78, 5) is 9.37. The van der Waals surface area contributed by atoms with Gasteiger partial charge in [-0.2, -0.15) is 0 Å². The second-order valence-corrected chi connectivity index (χ2v) is 11.0. The van der Waals surface area contributed by atoms with Gasteiger partial charge in [-0.15, -0.1) is 0 Å². The molecule has 0 amide bonds. The van der Waals surface area contributed by atoms with Crippen molar-refractivity contribution in [1.82, 2.24) is 14.5 Å². The predicted octanol–water partition coefficient (Wildman–Crippen LogP) is 10.4. The minimum absolute atomic E-state index is 0.999. The van der Waals surface area contributed by atoms with Gasteiger partial charge in [-0.05, 0) is 86.8 Å². The summed E-state index contributed by atoms with van der Waals surface area (Å²) in [5, 5.41) is 8.55. The van der Waals surface area contributed by atoms with Crippen molar-refractivity contribution in [2.75, 3.05) is 0 Å². The summed E-state index contributed by atoms with van der Waals surface area (Å²) < 4.78 is 2.37. The van der Waals surface area contributed by atoms with Crippen molar-refractivity contribution >= 4 is 54.3 Å². The van der Waals surface area contributed by atoms with Crippen molar-refractivity contribution in [3.05, 3.63) is 152 Å². The molecule has 0 fully saturated rings. The molecule has 6 aromatic carbocycles. The van der Waals surface area contributed by atoms with E-state index < -0.39 is 0 Å². The fourth-order valence-corrected chi connectivity index (χ4v) is 6.91. The van der Waals surface area contributed by atoms with Crippen LogP contribution in [0.25, 0.3) is 82.2 Å². The molecule has 0 unspecified atom stereocenters. The van der Waals surface area contributed by atoms with E-state index in [0.29, 0.717) is 0 Å². The van der Waals surface area contributed by atoms with E-state index in [1.54, 1.807) is 0 Å². The number of nitrogens with zero attached hydrogens (tertiary/aromatic N) is 3. The van der Waals surface area contributed by atoms with Crippen LogP contribution in [0, 0.1) is 0 Å². The lowest BCUT2D eigenvalue weighted by Crippen LogP contribution is -1.95. The molecule has 0 spiro atoms. The molecule has 3 heteroatoms. The van der Waals surface area contributed by atoms with Crippen molar-refractivity contribution in [1.29, 1.82) is 0 Å². The highest BCUT2D eigenvalue weighted by Crippen LogP contribution is 2.46. The highest BCUT2D eigenvalue weighted by atomic mass is 15.0. The molecule has 0 aliphatic heterocycles. The summed E-state index contributed by atoms with van der Waals surface area (Å²) in [6.45, 7) is 0. The van der Waals surface area contributed by atoms with Gasteiger partial charge < -0.3 is 4.57 Å². The number of hydrogen-bond acceptors (Lipinski definition) is 2. The molecule has 0 N–H and O–H groups in total. The van der Waals surface area contributed by atoms with Crippen molar-refractivity contribution < 1.29 is 0 Å². The van der Waals surface area contributed by atoms with Gasteiger partial charge in [0, 0.05) is 46.0 Å². The van der Waals surface area contributed by atoms with Crippen molar-refractivity contribution in [2.45, 2.75) is 0 Å². The van der Waals surface area contributed by atoms with Crippen molar-refractivity contribution in [2.24, 2.45) is 0 Å². The zero-order valence-corrected chi connectivity index (χ0v) is 23.3. The van der Waals surface area contributed by atoms with Gasteiger partial charge in [0.05, 0.1) is 16.6 Å². The molecule has 0 aliphatic rings. The Labute approximate surface area is 248 Å². The van der Waals surface area contributed by atoms with E-state index in [0.717, 1.165) is 27.7 Å². The Morgan fingerprint density at radius 1 is 0.442 bits per heavy atom. The summed E-state index contributed by atoms with van der Waals surface area (Å²) in [6, 6.07) is 47.9. The van der Waals surface area contributed by atoms with Gasteiger partial charge in [0.1, 0.15) is 0 Å². The van der Waals surface area contributed by atoms with Gasteiger partial charge >= 0.3 is 0 Å². The average Bonchev–Trinajstić information content (AvgIpc) is 3.42. The quantitative estimate of drug-likeness (QED) is 0.206. The van der Waals surface area contributed by atoms with Crippen LogP contribution in [0.4, 0.5) is 0 Å². The third-order valence-electron chi connectivity index (χ3n) is 8.71. The molecule has 0 atom stereocenters. The van der Waals surface area contributed by atoms with Crippen LogP contribution in [0.1, 0.15) is 0 Å². The Morgan fingerprint density at radius 2 is 1.19 bits per heavy atom. The molecular weight excluding hydrogens is 522 g/mol. The number of hydrogen-bond donors (Lipinski definition) is 0. The largest absolute Gasteiger partial charge is 0.309 e. The molecule has 0 aliphatic carbocycles. The average molecular weight is 548 g/mol. The van der Waals surface area contributed by atoms with E-state index >= 15 is 0 Å². The zero-order valence-electron chi connectivity index (χ0n) is 23.3. The number of pyridine rings is 2. The van der Waals surface area contributed by atoms with Gasteiger partial charge in [0.25, 0.3) is 0 Å². The van der Waals surface area contributed by atoms with E-state index in [1.807, 2.05) is 24.7 Å². The lowest BCUT2D eigenvalue weighted by Gasteiger charge is -2.19. The number of para-hydroxylation sites is 2. The maximum absolute atomic E-state index is 5.03. The van der Waals surface area contributed by atoms with Crippen LogP contribution in [-0.4, -0.2) is 14.5 Å². The van der Waals surface area contributed by atoms with E-state index in [2.05, 4.69) is 137 Å². The Kier molecular flexibility index (Phi) is 5.20.